The van der Waals surface area contributed by atoms with Crippen LogP contribution >= 0.6 is 0 Å². The molecule has 0 aromatic heterocycles. The van der Waals surface area contributed by atoms with Gasteiger partial charge in [0.05, 0.1) is 5.69 Å². The first-order valence-corrected chi connectivity index (χ1v) is 7.91. The summed E-state index contributed by atoms with van der Waals surface area (Å²) in [5.74, 6) is -0.993. The van der Waals surface area contributed by atoms with E-state index in [2.05, 4.69) is 5.32 Å². The molecule has 1 N–H and O–H groups in total. The summed E-state index contributed by atoms with van der Waals surface area (Å²) in [5, 5.41) is 3.00. The van der Waals surface area contributed by atoms with E-state index in [0.717, 1.165) is 18.9 Å². The lowest BCUT2D eigenvalue weighted by molar-refractivity contribution is 0.0172. The SMILES string of the molecule is CC(C)(C)OC(=O)N1CCCC(CNc2ccc(F)cc2F)C1. The lowest BCUT2D eigenvalue weighted by Gasteiger charge is -2.34. The molecule has 2 rings (SSSR count). The van der Waals surface area contributed by atoms with Crippen LogP contribution in [0.2, 0.25) is 0 Å². The molecule has 0 radical (unpaired) electrons. The van der Waals surface area contributed by atoms with Crippen LogP contribution in [-0.2, 0) is 4.74 Å². The molecule has 1 aliphatic rings. The van der Waals surface area contributed by atoms with Crippen molar-refractivity contribution in [3.8, 4) is 0 Å². The summed E-state index contributed by atoms with van der Waals surface area (Å²) in [6.07, 6.45) is 1.53. The molecule has 0 bridgehead atoms. The molecular weight excluding hydrogens is 302 g/mol. The number of hydrogen-bond donors (Lipinski definition) is 1. The minimum absolute atomic E-state index is 0.209. The maximum atomic E-state index is 13.6. The maximum absolute atomic E-state index is 13.6. The third-order valence-electron chi connectivity index (χ3n) is 3.68. The number of carbonyl (C=O) groups excluding carboxylic acids is 1. The topological polar surface area (TPSA) is 41.6 Å². The van der Waals surface area contributed by atoms with Crippen molar-refractivity contribution < 1.29 is 18.3 Å². The Labute approximate surface area is 135 Å². The normalized spacial score (nSPS) is 18.7. The summed E-state index contributed by atoms with van der Waals surface area (Å²) in [4.78, 5) is 13.8. The second-order valence-electron chi connectivity index (χ2n) is 6.94. The fourth-order valence-electron chi connectivity index (χ4n) is 2.61. The first-order valence-electron chi connectivity index (χ1n) is 7.91. The second-order valence-corrected chi connectivity index (χ2v) is 6.94. The minimum Gasteiger partial charge on any atom is -0.444 e. The van der Waals surface area contributed by atoms with Gasteiger partial charge in [0.2, 0.25) is 0 Å². The summed E-state index contributed by atoms with van der Waals surface area (Å²) >= 11 is 0. The quantitative estimate of drug-likeness (QED) is 0.912. The van der Waals surface area contributed by atoms with Crippen molar-refractivity contribution in [2.75, 3.05) is 25.0 Å². The minimum atomic E-state index is -0.607. The largest absolute Gasteiger partial charge is 0.444 e. The van der Waals surface area contributed by atoms with E-state index in [1.54, 1.807) is 4.90 Å². The maximum Gasteiger partial charge on any atom is 0.410 e. The molecule has 1 aromatic carbocycles. The zero-order valence-corrected chi connectivity index (χ0v) is 13.9. The summed E-state index contributed by atoms with van der Waals surface area (Å²) in [7, 11) is 0. The predicted octanol–water partition coefficient (Wildman–Crippen LogP) is 4.02. The van der Waals surface area contributed by atoms with Gasteiger partial charge in [-0.15, -0.1) is 0 Å². The number of amides is 1. The molecule has 1 amide bonds. The van der Waals surface area contributed by atoms with Crippen molar-refractivity contribution >= 4 is 11.8 Å². The number of rotatable bonds is 3. The van der Waals surface area contributed by atoms with Gasteiger partial charge in [-0.2, -0.15) is 0 Å². The number of anilines is 1. The highest BCUT2D eigenvalue weighted by Crippen LogP contribution is 2.21. The molecule has 6 heteroatoms. The standard InChI is InChI=1S/C17H24F2N2O2/c1-17(2,3)23-16(22)21-8-4-5-12(11-21)10-20-15-7-6-13(18)9-14(15)19/h6-7,9,12,20H,4-5,8,10-11H2,1-3H3. The van der Waals surface area contributed by atoms with Gasteiger partial charge in [-0.25, -0.2) is 13.6 Å². The molecular formula is C17H24F2N2O2. The molecule has 1 saturated heterocycles. The van der Waals surface area contributed by atoms with Crippen LogP contribution in [0.4, 0.5) is 19.3 Å². The number of hydrogen-bond acceptors (Lipinski definition) is 3. The smallest absolute Gasteiger partial charge is 0.410 e. The van der Waals surface area contributed by atoms with Crippen LogP contribution in [-0.4, -0.2) is 36.2 Å². The highest BCUT2D eigenvalue weighted by atomic mass is 19.1. The van der Waals surface area contributed by atoms with Gasteiger partial charge in [-0.3, -0.25) is 0 Å². The molecule has 0 saturated carbocycles. The number of nitrogens with one attached hydrogen (secondary N) is 1. The number of likely N-dealkylation sites (tertiary alicyclic amines) is 1. The Kier molecular flexibility index (Phi) is 5.44. The summed E-state index contributed by atoms with van der Waals surface area (Å²) < 4.78 is 31.9. The fraction of sp³-hybridized carbons (Fsp3) is 0.588. The summed E-state index contributed by atoms with van der Waals surface area (Å²) in [6, 6.07) is 3.47. The van der Waals surface area contributed by atoms with E-state index < -0.39 is 17.2 Å². The van der Waals surface area contributed by atoms with Gasteiger partial charge in [0, 0.05) is 25.7 Å². The molecule has 1 unspecified atom stereocenters. The Balaban J connectivity index is 1.87. The Bertz CT molecular complexity index is 558. The molecule has 1 aliphatic heterocycles. The van der Waals surface area contributed by atoms with Gasteiger partial charge in [0.15, 0.2) is 0 Å². The first-order chi connectivity index (χ1) is 10.7. The molecule has 128 valence electrons. The number of benzene rings is 1. The Hall–Kier alpha value is -1.85. The zero-order chi connectivity index (χ0) is 17.0. The van der Waals surface area contributed by atoms with E-state index in [4.69, 9.17) is 4.74 Å². The van der Waals surface area contributed by atoms with Gasteiger partial charge in [0.25, 0.3) is 0 Å². The predicted molar refractivity (Wildman–Crippen MR) is 85.4 cm³/mol. The van der Waals surface area contributed by atoms with E-state index >= 15 is 0 Å². The van der Waals surface area contributed by atoms with Crippen LogP contribution in [0.1, 0.15) is 33.6 Å². The molecule has 1 heterocycles. The van der Waals surface area contributed by atoms with Crippen LogP contribution in [0.5, 0.6) is 0 Å². The molecule has 23 heavy (non-hydrogen) atoms. The molecule has 0 aliphatic carbocycles. The van der Waals surface area contributed by atoms with Crippen molar-refractivity contribution in [1.29, 1.82) is 0 Å². The van der Waals surface area contributed by atoms with Crippen LogP contribution < -0.4 is 5.32 Å². The van der Waals surface area contributed by atoms with Crippen molar-refractivity contribution in [3.05, 3.63) is 29.8 Å². The average molecular weight is 326 g/mol. The monoisotopic (exact) mass is 326 g/mol. The Morgan fingerprint density at radius 1 is 1.39 bits per heavy atom. The Morgan fingerprint density at radius 2 is 2.13 bits per heavy atom. The number of nitrogens with zero attached hydrogens (tertiary/aromatic N) is 1. The van der Waals surface area contributed by atoms with Crippen molar-refractivity contribution in [1.82, 2.24) is 4.90 Å². The van der Waals surface area contributed by atoms with Crippen LogP contribution in [0, 0.1) is 17.6 Å². The molecule has 1 fully saturated rings. The third-order valence-corrected chi connectivity index (χ3v) is 3.68. The molecule has 1 aromatic rings. The number of carbonyl (C=O) groups is 1. The number of piperidine rings is 1. The van der Waals surface area contributed by atoms with E-state index in [9.17, 15) is 13.6 Å². The van der Waals surface area contributed by atoms with Gasteiger partial charge >= 0.3 is 6.09 Å². The summed E-state index contributed by atoms with van der Waals surface area (Å²) in [6.45, 7) is 7.30. The van der Waals surface area contributed by atoms with Gasteiger partial charge in [0.1, 0.15) is 17.2 Å². The lowest BCUT2D eigenvalue weighted by atomic mass is 9.98. The molecule has 0 spiro atoms. The highest BCUT2D eigenvalue weighted by Gasteiger charge is 2.27. The van der Waals surface area contributed by atoms with Crippen molar-refractivity contribution in [2.24, 2.45) is 5.92 Å². The summed E-state index contributed by atoms with van der Waals surface area (Å²) in [5.41, 5.74) is -0.236. The van der Waals surface area contributed by atoms with Crippen LogP contribution in [0.15, 0.2) is 18.2 Å². The van der Waals surface area contributed by atoms with E-state index in [-0.39, 0.29) is 17.7 Å². The highest BCUT2D eigenvalue weighted by molar-refractivity contribution is 5.68. The fourth-order valence-corrected chi connectivity index (χ4v) is 2.61. The van der Waals surface area contributed by atoms with Gasteiger partial charge in [-0.1, -0.05) is 0 Å². The lowest BCUT2D eigenvalue weighted by Crippen LogP contribution is -2.44. The molecule has 4 nitrogen and oxygen atoms in total. The average Bonchev–Trinajstić information content (AvgIpc) is 2.45. The first kappa shape index (κ1) is 17.5. The van der Waals surface area contributed by atoms with E-state index in [1.165, 1.54) is 12.1 Å². The van der Waals surface area contributed by atoms with Crippen molar-refractivity contribution in [2.45, 2.75) is 39.2 Å². The van der Waals surface area contributed by atoms with E-state index in [0.29, 0.717) is 19.6 Å². The van der Waals surface area contributed by atoms with Crippen LogP contribution in [0.3, 0.4) is 0 Å². The van der Waals surface area contributed by atoms with Crippen LogP contribution in [0.25, 0.3) is 0 Å². The number of ether oxygens (including phenoxy) is 1. The third kappa shape index (κ3) is 5.37. The Morgan fingerprint density at radius 3 is 2.78 bits per heavy atom. The van der Waals surface area contributed by atoms with Gasteiger partial charge in [-0.05, 0) is 51.7 Å². The molecule has 1 atom stereocenters. The van der Waals surface area contributed by atoms with Crippen molar-refractivity contribution in [3.63, 3.8) is 0 Å². The second kappa shape index (κ2) is 7.15. The number of halogens is 2. The zero-order valence-electron chi connectivity index (χ0n) is 13.9. The van der Waals surface area contributed by atoms with Gasteiger partial charge < -0.3 is 15.0 Å². The van der Waals surface area contributed by atoms with E-state index in [1.807, 2.05) is 20.8 Å².